The van der Waals surface area contributed by atoms with Crippen molar-refractivity contribution in [2.45, 2.75) is 0 Å². The van der Waals surface area contributed by atoms with E-state index >= 15 is 0 Å². The zero-order valence-corrected chi connectivity index (χ0v) is 15.5. The molecule has 2 aromatic heterocycles. The highest BCUT2D eigenvalue weighted by atomic mass is 79.9. The van der Waals surface area contributed by atoms with Gasteiger partial charge in [0.1, 0.15) is 5.75 Å². The van der Waals surface area contributed by atoms with Crippen LogP contribution in [0.25, 0.3) is 22.4 Å². The normalized spacial score (nSPS) is 12.0. The van der Waals surface area contributed by atoms with Crippen molar-refractivity contribution in [2.75, 3.05) is 7.11 Å². The Kier molecular flexibility index (Phi) is 4.10. The van der Waals surface area contributed by atoms with Crippen LogP contribution in [0.1, 0.15) is 5.56 Å². The molecular formula is C18H12BrN3O2S. The summed E-state index contributed by atoms with van der Waals surface area (Å²) in [5, 5.41) is 4.35. The summed E-state index contributed by atoms with van der Waals surface area (Å²) in [5.74, 6) is 1.29. The third kappa shape index (κ3) is 3.08. The van der Waals surface area contributed by atoms with Crippen LogP contribution in [-0.4, -0.2) is 21.7 Å². The van der Waals surface area contributed by atoms with Gasteiger partial charge in [-0.3, -0.25) is 4.79 Å². The van der Waals surface area contributed by atoms with E-state index in [1.807, 2.05) is 54.6 Å². The van der Waals surface area contributed by atoms with Crippen molar-refractivity contribution in [1.82, 2.24) is 14.6 Å². The minimum Gasteiger partial charge on any atom is -0.497 e. The molecule has 124 valence electrons. The number of ether oxygens (including phenoxy) is 1. The molecule has 0 amide bonds. The minimum absolute atomic E-state index is 0.168. The van der Waals surface area contributed by atoms with E-state index < -0.39 is 0 Å². The quantitative estimate of drug-likeness (QED) is 0.517. The molecule has 4 rings (SSSR count). The van der Waals surface area contributed by atoms with E-state index in [1.165, 1.54) is 15.9 Å². The molecule has 0 N–H and O–H groups in total. The van der Waals surface area contributed by atoms with E-state index in [9.17, 15) is 4.79 Å². The summed E-state index contributed by atoms with van der Waals surface area (Å²) in [4.78, 5) is 17.6. The monoisotopic (exact) mass is 413 g/mol. The summed E-state index contributed by atoms with van der Waals surface area (Å²) < 4.78 is 8.14. The Hall–Kier alpha value is -2.51. The highest BCUT2D eigenvalue weighted by Crippen LogP contribution is 2.19. The molecule has 0 atom stereocenters. The molecule has 25 heavy (non-hydrogen) atoms. The van der Waals surface area contributed by atoms with Crippen molar-refractivity contribution in [3.63, 3.8) is 0 Å². The van der Waals surface area contributed by atoms with Crippen LogP contribution in [-0.2, 0) is 0 Å². The standard InChI is InChI=1S/C18H12BrN3O2S/c1-24-14-4-2-3-11(9-14)10-15-17(23)22-18(25-15)20-16(21-22)12-5-7-13(19)8-6-12/h2-10H,1H3. The highest BCUT2D eigenvalue weighted by molar-refractivity contribution is 9.10. The topological polar surface area (TPSA) is 56.5 Å². The number of benzene rings is 2. The molecule has 0 radical (unpaired) electrons. The van der Waals surface area contributed by atoms with Crippen LogP contribution >= 0.6 is 27.3 Å². The molecule has 0 fully saturated rings. The summed E-state index contributed by atoms with van der Waals surface area (Å²) in [6, 6.07) is 15.2. The number of nitrogens with zero attached hydrogens (tertiary/aromatic N) is 3. The van der Waals surface area contributed by atoms with Gasteiger partial charge in [-0.1, -0.05) is 51.5 Å². The van der Waals surface area contributed by atoms with E-state index in [-0.39, 0.29) is 5.56 Å². The predicted octanol–water partition coefficient (Wildman–Crippen LogP) is 3.14. The number of hydrogen-bond donors (Lipinski definition) is 0. The first-order valence-corrected chi connectivity index (χ1v) is 9.06. The Labute approximate surface area is 155 Å². The number of rotatable bonds is 3. The Morgan fingerprint density at radius 2 is 2.00 bits per heavy atom. The zero-order valence-electron chi connectivity index (χ0n) is 13.1. The zero-order chi connectivity index (χ0) is 17.4. The number of hydrogen-bond acceptors (Lipinski definition) is 5. The molecule has 0 spiro atoms. The van der Waals surface area contributed by atoms with E-state index in [2.05, 4.69) is 26.0 Å². The minimum atomic E-state index is -0.168. The lowest BCUT2D eigenvalue weighted by Gasteiger charge is -1.99. The Morgan fingerprint density at radius 3 is 2.72 bits per heavy atom. The van der Waals surface area contributed by atoms with Gasteiger partial charge in [-0.05, 0) is 35.9 Å². The first-order valence-electron chi connectivity index (χ1n) is 7.45. The summed E-state index contributed by atoms with van der Waals surface area (Å²) in [5.41, 5.74) is 1.60. The van der Waals surface area contributed by atoms with Crippen molar-refractivity contribution in [2.24, 2.45) is 0 Å². The van der Waals surface area contributed by atoms with Crippen LogP contribution in [0, 0.1) is 0 Å². The van der Waals surface area contributed by atoms with E-state index in [1.54, 1.807) is 7.11 Å². The summed E-state index contributed by atoms with van der Waals surface area (Å²) in [6.07, 6.45) is 1.82. The number of aromatic nitrogens is 3. The van der Waals surface area contributed by atoms with Crippen molar-refractivity contribution >= 4 is 38.3 Å². The second kappa shape index (κ2) is 6.42. The average molecular weight is 414 g/mol. The van der Waals surface area contributed by atoms with Gasteiger partial charge in [0.15, 0.2) is 5.82 Å². The molecule has 0 aliphatic rings. The van der Waals surface area contributed by atoms with Crippen LogP contribution in [0.3, 0.4) is 0 Å². The van der Waals surface area contributed by atoms with Crippen molar-refractivity contribution < 1.29 is 4.74 Å². The van der Waals surface area contributed by atoms with Crippen molar-refractivity contribution in [3.8, 4) is 17.1 Å². The molecule has 4 aromatic rings. The first kappa shape index (κ1) is 16.0. The fourth-order valence-electron chi connectivity index (χ4n) is 2.44. The summed E-state index contributed by atoms with van der Waals surface area (Å²) in [6.45, 7) is 0. The van der Waals surface area contributed by atoms with Crippen LogP contribution < -0.4 is 14.8 Å². The van der Waals surface area contributed by atoms with Gasteiger partial charge in [-0.2, -0.15) is 9.50 Å². The van der Waals surface area contributed by atoms with Crippen LogP contribution in [0.5, 0.6) is 5.75 Å². The lowest BCUT2D eigenvalue weighted by molar-refractivity contribution is 0.414. The molecule has 0 saturated carbocycles. The molecule has 0 unspecified atom stereocenters. The lowest BCUT2D eigenvalue weighted by Crippen LogP contribution is -2.23. The molecule has 5 nitrogen and oxygen atoms in total. The molecule has 0 aliphatic heterocycles. The maximum atomic E-state index is 12.6. The number of thiazole rings is 1. The number of methoxy groups -OCH3 is 1. The van der Waals surface area contributed by atoms with Crippen molar-refractivity contribution in [3.05, 3.63) is 73.5 Å². The fraction of sp³-hybridized carbons (Fsp3) is 0.0556. The smallest absolute Gasteiger partial charge is 0.291 e. The third-order valence-corrected chi connectivity index (χ3v) is 5.16. The van der Waals surface area contributed by atoms with Crippen molar-refractivity contribution in [1.29, 1.82) is 0 Å². The Bertz CT molecular complexity index is 1170. The molecule has 0 saturated heterocycles. The van der Waals surface area contributed by atoms with Gasteiger partial charge in [-0.15, -0.1) is 5.10 Å². The number of fused-ring (bicyclic) bond motifs is 1. The van der Waals surface area contributed by atoms with Gasteiger partial charge in [0.25, 0.3) is 5.56 Å². The maximum absolute atomic E-state index is 12.6. The van der Waals surface area contributed by atoms with Gasteiger partial charge < -0.3 is 4.74 Å². The molecule has 7 heteroatoms. The maximum Gasteiger partial charge on any atom is 0.291 e. The van der Waals surface area contributed by atoms with E-state index in [0.29, 0.717) is 15.3 Å². The van der Waals surface area contributed by atoms with Gasteiger partial charge in [0, 0.05) is 10.0 Å². The van der Waals surface area contributed by atoms with Crippen LogP contribution in [0.2, 0.25) is 0 Å². The summed E-state index contributed by atoms with van der Waals surface area (Å²) in [7, 11) is 1.62. The van der Waals surface area contributed by atoms with Gasteiger partial charge in [-0.25, -0.2) is 0 Å². The molecule has 2 heterocycles. The second-order valence-electron chi connectivity index (χ2n) is 5.33. The molecule has 0 bridgehead atoms. The second-order valence-corrected chi connectivity index (χ2v) is 7.25. The van der Waals surface area contributed by atoms with Gasteiger partial charge >= 0.3 is 0 Å². The fourth-order valence-corrected chi connectivity index (χ4v) is 3.61. The molecular weight excluding hydrogens is 402 g/mol. The Morgan fingerprint density at radius 1 is 1.20 bits per heavy atom. The van der Waals surface area contributed by atoms with Gasteiger partial charge in [0.05, 0.1) is 11.6 Å². The predicted molar refractivity (Wildman–Crippen MR) is 102 cm³/mol. The van der Waals surface area contributed by atoms with E-state index in [4.69, 9.17) is 4.74 Å². The average Bonchev–Trinajstić information content (AvgIpc) is 3.16. The van der Waals surface area contributed by atoms with Gasteiger partial charge in [0.2, 0.25) is 4.96 Å². The Balaban J connectivity index is 1.79. The van der Waals surface area contributed by atoms with Crippen LogP contribution in [0.15, 0.2) is 57.8 Å². The third-order valence-electron chi connectivity index (χ3n) is 3.68. The largest absolute Gasteiger partial charge is 0.497 e. The summed E-state index contributed by atoms with van der Waals surface area (Å²) >= 11 is 4.72. The van der Waals surface area contributed by atoms with Crippen LogP contribution in [0.4, 0.5) is 0 Å². The number of halogens is 1. The molecule has 2 aromatic carbocycles. The lowest BCUT2D eigenvalue weighted by atomic mass is 10.2. The SMILES string of the molecule is COc1cccc(C=c2sc3nc(-c4ccc(Br)cc4)nn3c2=O)c1. The van der Waals surface area contributed by atoms with E-state index in [0.717, 1.165) is 21.3 Å². The highest BCUT2D eigenvalue weighted by Gasteiger charge is 2.11. The molecule has 0 aliphatic carbocycles. The first-order chi connectivity index (χ1) is 12.1.